The third-order valence-electron chi connectivity index (χ3n) is 6.94. The summed E-state index contributed by atoms with van der Waals surface area (Å²) in [6.45, 7) is 0.974. The molecule has 1 heterocycles. The number of alkyl halides is 3. The van der Waals surface area contributed by atoms with E-state index < -0.39 is 62.8 Å². The molecule has 0 bridgehead atoms. The van der Waals surface area contributed by atoms with Crippen LogP contribution in [-0.4, -0.2) is 49.8 Å². The lowest BCUT2D eigenvalue weighted by molar-refractivity contribution is -0.142. The molecule has 5 nitrogen and oxygen atoms in total. The molecule has 1 N–H and O–H groups in total. The molecule has 36 heavy (non-hydrogen) atoms. The molecule has 1 amide bonds. The van der Waals surface area contributed by atoms with Crippen molar-refractivity contribution < 1.29 is 39.6 Å². The summed E-state index contributed by atoms with van der Waals surface area (Å²) in [5.74, 6) is -7.15. The van der Waals surface area contributed by atoms with Crippen molar-refractivity contribution in [1.29, 1.82) is 0 Å². The largest absolute Gasteiger partial charge is 0.350 e. The second kappa shape index (κ2) is 9.70. The van der Waals surface area contributed by atoms with Crippen LogP contribution in [0.15, 0.2) is 36.4 Å². The van der Waals surface area contributed by atoms with Crippen LogP contribution in [0.25, 0.3) is 11.1 Å². The average Bonchev–Trinajstić information content (AvgIpc) is 3.56. The van der Waals surface area contributed by atoms with Crippen LogP contribution < -0.4 is 4.72 Å². The number of carbonyl (C=O) groups excluding carboxylic acids is 1. The topological polar surface area (TPSA) is 66.5 Å². The highest BCUT2D eigenvalue weighted by Crippen LogP contribution is 2.54. The Bertz CT molecular complexity index is 1250. The van der Waals surface area contributed by atoms with Crippen molar-refractivity contribution in [1.82, 2.24) is 9.62 Å². The van der Waals surface area contributed by atoms with Gasteiger partial charge in [0.1, 0.15) is 17.5 Å². The van der Waals surface area contributed by atoms with Gasteiger partial charge in [-0.05, 0) is 55.9 Å². The number of amides is 1. The summed E-state index contributed by atoms with van der Waals surface area (Å²) in [6.07, 6.45) is -1.31. The Balaban J connectivity index is 1.68. The molecule has 196 valence electrons. The molecular formula is C24H24F6N2O3S. The van der Waals surface area contributed by atoms with E-state index >= 15 is 4.39 Å². The molecule has 4 rings (SSSR count). The molecule has 12 heteroatoms. The fraction of sp³-hybridized carbons (Fsp3) is 0.458. The smallest absolute Gasteiger partial charge is 0.336 e. The Morgan fingerprint density at radius 1 is 1.11 bits per heavy atom. The van der Waals surface area contributed by atoms with E-state index in [9.17, 15) is 35.2 Å². The minimum Gasteiger partial charge on any atom is -0.336 e. The Labute approximate surface area is 204 Å². The molecule has 3 atom stereocenters. The summed E-state index contributed by atoms with van der Waals surface area (Å²) in [5.41, 5.74) is -0.927. The van der Waals surface area contributed by atoms with E-state index in [0.29, 0.717) is 18.9 Å². The van der Waals surface area contributed by atoms with Gasteiger partial charge in [-0.1, -0.05) is 18.2 Å². The van der Waals surface area contributed by atoms with Crippen LogP contribution in [0, 0.1) is 22.9 Å². The van der Waals surface area contributed by atoms with E-state index in [1.54, 1.807) is 0 Å². The van der Waals surface area contributed by atoms with Gasteiger partial charge in [0, 0.05) is 35.7 Å². The van der Waals surface area contributed by atoms with Gasteiger partial charge in [-0.15, -0.1) is 0 Å². The maximum Gasteiger partial charge on any atom is 0.350 e. The van der Waals surface area contributed by atoms with Crippen LogP contribution in [0.3, 0.4) is 0 Å². The number of hydrogen-bond acceptors (Lipinski definition) is 3. The Hall–Kier alpha value is -2.60. The standard InChI is InChI=1S/C24H24F6N2O3S/c1-13(25)22(33)32-12-24(5-6-24)20(31-36(34,35)23(29)30)11-18(32)9-14-3-2-4-19(21(14)28)15-7-16(26)10-17(27)8-15/h2-4,7-8,10,13,18,20,23,31H,5-6,9,11-12H2,1H3/t13-,18+,20-/m1/s1. The number of benzene rings is 2. The normalized spacial score (nSPS) is 22.2. The number of halogens is 6. The molecule has 0 aromatic heterocycles. The van der Waals surface area contributed by atoms with Crippen molar-refractivity contribution in [2.45, 2.75) is 56.6 Å². The summed E-state index contributed by atoms with van der Waals surface area (Å²) in [6, 6.07) is 4.84. The van der Waals surface area contributed by atoms with Crippen LogP contribution in [0.1, 0.15) is 31.7 Å². The van der Waals surface area contributed by atoms with Gasteiger partial charge < -0.3 is 4.90 Å². The lowest BCUT2D eigenvalue weighted by Gasteiger charge is -2.45. The predicted molar refractivity (Wildman–Crippen MR) is 120 cm³/mol. The quantitative estimate of drug-likeness (QED) is 0.530. The van der Waals surface area contributed by atoms with Gasteiger partial charge in [-0.3, -0.25) is 4.79 Å². The first-order valence-corrected chi connectivity index (χ1v) is 12.9. The molecule has 1 saturated heterocycles. The number of hydrogen-bond donors (Lipinski definition) is 1. The molecule has 2 aromatic carbocycles. The number of nitrogens with zero attached hydrogens (tertiary/aromatic N) is 1. The molecule has 1 aliphatic carbocycles. The van der Waals surface area contributed by atoms with E-state index in [2.05, 4.69) is 0 Å². The SMILES string of the molecule is C[C@@H](F)C(=O)N1CC2(CC2)[C@H](NS(=O)(=O)C(F)F)C[C@@H]1Cc1cccc(-c2cc(F)cc(F)c2)c1F. The lowest BCUT2D eigenvalue weighted by atomic mass is 9.82. The maximum absolute atomic E-state index is 15.5. The summed E-state index contributed by atoms with van der Waals surface area (Å²) < 4.78 is 109. The molecule has 2 aliphatic rings. The van der Waals surface area contributed by atoms with Gasteiger partial charge in [0.2, 0.25) is 0 Å². The minimum atomic E-state index is -4.94. The molecule has 0 radical (unpaired) electrons. The van der Waals surface area contributed by atoms with E-state index in [1.165, 1.54) is 23.1 Å². The highest BCUT2D eigenvalue weighted by molar-refractivity contribution is 7.89. The third kappa shape index (κ3) is 5.24. The maximum atomic E-state index is 15.5. The zero-order chi connectivity index (χ0) is 26.4. The fourth-order valence-corrected chi connectivity index (χ4v) is 5.77. The Morgan fingerprint density at radius 3 is 2.31 bits per heavy atom. The Kier molecular flexibility index (Phi) is 7.13. The highest BCUT2D eigenvalue weighted by Gasteiger charge is 2.57. The molecule has 2 aromatic rings. The predicted octanol–water partition coefficient (Wildman–Crippen LogP) is 4.56. The van der Waals surface area contributed by atoms with Crippen molar-refractivity contribution >= 4 is 15.9 Å². The van der Waals surface area contributed by atoms with Crippen LogP contribution in [0.2, 0.25) is 0 Å². The second-order valence-corrected chi connectivity index (χ2v) is 11.1. The molecule has 1 aliphatic heterocycles. The third-order valence-corrected chi connectivity index (χ3v) is 8.02. The van der Waals surface area contributed by atoms with Crippen LogP contribution in [0.5, 0.6) is 0 Å². The molecular weight excluding hydrogens is 510 g/mol. The van der Waals surface area contributed by atoms with Crippen molar-refractivity contribution in [2.75, 3.05) is 6.54 Å². The van der Waals surface area contributed by atoms with Crippen molar-refractivity contribution in [2.24, 2.45) is 5.41 Å². The van der Waals surface area contributed by atoms with E-state index in [-0.39, 0.29) is 36.1 Å². The van der Waals surface area contributed by atoms with Crippen LogP contribution in [-0.2, 0) is 21.2 Å². The molecule has 0 unspecified atom stereocenters. The van der Waals surface area contributed by atoms with Crippen molar-refractivity contribution in [3.63, 3.8) is 0 Å². The van der Waals surface area contributed by atoms with Gasteiger partial charge >= 0.3 is 5.76 Å². The first-order valence-electron chi connectivity index (χ1n) is 11.3. The number of likely N-dealkylation sites (tertiary alicyclic amines) is 1. The van der Waals surface area contributed by atoms with Crippen LogP contribution in [0.4, 0.5) is 26.3 Å². The highest BCUT2D eigenvalue weighted by atomic mass is 32.2. The molecule has 2 fully saturated rings. The lowest BCUT2D eigenvalue weighted by Crippen LogP contribution is -2.60. The minimum absolute atomic E-state index is 0.0358. The number of rotatable bonds is 7. The monoisotopic (exact) mass is 534 g/mol. The van der Waals surface area contributed by atoms with Gasteiger partial charge in [0.15, 0.2) is 6.17 Å². The van der Waals surface area contributed by atoms with Crippen molar-refractivity contribution in [3.8, 4) is 11.1 Å². The summed E-state index contributed by atoms with van der Waals surface area (Å²) in [4.78, 5) is 13.9. The first kappa shape index (κ1) is 26.5. The van der Waals surface area contributed by atoms with Gasteiger partial charge in [-0.2, -0.15) is 8.78 Å². The van der Waals surface area contributed by atoms with Gasteiger partial charge in [-0.25, -0.2) is 30.7 Å². The molecule has 1 saturated carbocycles. The Morgan fingerprint density at radius 2 is 1.75 bits per heavy atom. The zero-order valence-corrected chi connectivity index (χ0v) is 20.0. The van der Waals surface area contributed by atoms with Gasteiger partial charge in [0.05, 0.1) is 0 Å². The van der Waals surface area contributed by atoms with Crippen LogP contribution >= 0.6 is 0 Å². The summed E-state index contributed by atoms with van der Waals surface area (Å²) in [5, 5.41) is 0. The summed E-state index contributed by atoms with van der Waals surface area (Å²) >= 11 is 0. The number of nitrogens with one attached hydrogen (secondary N) is 1. The molecule has 1 spiro atoms. The van der Waals surface area contributed by atoms with E-state index in [4.69, 9.17) is 0 Å². The average molecular weight is 535 g/mol. The van der Waals surface area contributed by atoms with E-state index in [1.807, 2.05) is 4.72 Å². The zero-order valence-electron chi connectivity index (χ0n) is 19.2. The number of piperidine rings is 1. The van der Waals surface area contributed by atoms with E-state index in [0.717, 1.165) is 19.1 Å². The number of sulfonamides is 1. The summed E-state index contributed by atoms with van der Waals surface area (Å²) in [7, 11) is -4.94. The van der Waals surface area contributed by atoms with Crippen molar-refractivity contribution in [3.05, 3.63) is 59.4 Å². The van der Waals surface area contributed by atoms with Gasteiger partial charge in [0.25, 0.3) is 15.9 Å². The number of carbonyl (C=O) groups is 1. The second-order valence-electron chi connectivity index (χ2n) is 9.45. The fourth-order valence-electron chi connectivity index (χ4n) is 4.92. The first-order chi connectivity index (χ1) is 16.8.